The third kappa shape index (κ3) is 2.90. The highest BCUT2D eigenvalue weighted by Crippen LogP contribution is 2.25. The fourth-order valence-corrected chi connectivity index (χ4v) is 2.64. The van der Waals surface area contributed by atoms with Crippen molar-refractivity contribution in [3.8, 4) is 0 Å². The number of methoxy groups -OCH3 is 1. The molecule has 0 bridgehead atoms. The van der Waals surface area contributed by atoms with Crippen LogP contribution in [0.5, 0.6) is 0 Å². The van der Waals surface area contributed by atoms with Gasteiger partial charge in [0.2, 0.25) is 11.8 Å². The van der Waals surface area contributed by atoms with Gasteiger partial charge in [-0.3, -0.25) is 9.59 Å². The van der Waals surface area contributed by atoms with E-state index in [0.717, 1.165) is 6.42 Å². The zero-order valence-electron chi connectivity index (χ0n) is 11.8. The number of hydrogen-bond donors (Lipinski definition) is 1. The molecule has 6 nitrogen and oxygen atoms in total. The number of amides is 2. The van der Waals surface area contributed by atoms with Crippen molar-refractivity contribution < 1.29 is 19.1 Å². The minimum Gasteiger partial charge on any atom is -0.378 e. The third-order valence-electron chi connectivity index (χ3n) is 3.86. The van der Waals surface area contributed by atoms with Gasteiger partial charge in [0.1, 0.15) is 11.1 Å². The van der Waals surface area contributed by atoms with E-state index >= 15 is 0 Å². The van der Waals surface area contributed by atoms with Gasteiger partial charge in [-0.1, -0.05) is 0 Å². The average molecular weight is 270 g/mol. The van der Waals surface area contributed by atoms with Crippen LogP contribution in [0, 0.1) is 0 Å². The lowest BCUT2D eigenvalue weighted by molar-refractivity contribution is -0.141. The molecule has 0 aromatic rings. The topological polar surface area (TPSA) is 67.9 Å². The lowest BCUT2D eigenvalue weighted by Crippen LogP contribution is -2.56. The Morgan fingerprint density at radius 2 is 2.16 bits per heavy atom. The summed E-state index contributed by atoms with van der Waals surface area (Å²) in [5, 5.41) is 2.75. The lowest BCUT2D eigenvalue weighted by atomic mass is 9.99. The highest BCUT2D eigenvalue weighted by Gasteiger charge is 2.42. The van der Waals surface area contributed by atoms with E-state index in [-0.39, 0.29) is 11.8 Å². The zero-order valence-corrected chi connectivity index (χ0v) is 11.8. The molecule has 1 N–H and O–H groups in total. The monoisotopic (exact) mass is 270 g/mol. The predicted octanol–water partition coefficient (Wildman–Crippen LogP) is -0.0810. The molecule has 1 unspecified atom stereocenters. The average Bonchev–Trinajstić information content (AvgIpc) is 2.78. The van der Waals surface area contributed by atoms with Crippen molar-refractivity contribution >= 4 is 11.8 Å². The Kier molecular flexibility index (Phi) is 3.82. The molecule has 0 saturated carbocycles. The van der Waals surface area contributed by atoms with Gasteiger partial charge in [0, 0.05) is 33.1 Å². The van der Waals surface area contributed by atoms with Gasteiger partial charge in [-0.15, -0.1) is 0 Å². The maximum atomic E-state index is 12.5. The second kappa shape index (κ2) is 5.09. The molecule has 2 fully saturated rings. The molecule has 19 heavy (non-hydrogen) atoms. The molecule has 0 spiro atoms. The highest BCUT2D eigenvalue weighted by atomic mass is 16.5. The summed E-state index contributed by atoms with van der Waals surface area (Å²) in [4.78, 5) is 25.8. The Hall–Kier alpha value is -1.14. The lowest BCUT2D eigenvalue weighted by Gasteiger charge is -2.35. The van der Waals surface area contributed by atoms with E-state index in [1.165, 1.54) is 0 Å². The first-order valence-corrected chi connectivity index (χ1v) is 6.62. The molecular formula is C13H22N2O4. The molecular weight excluding hydrogens is 248 g/mol. The summed E-state index contributed by atoms with van der Waals surface area (Å²) in [5.41, 5.74) is -1.29. The number of carbonyl (C=O) groups is 2. The SMILES string of the molecule is COC1(CN2CCC(=O)NC(C)(C)C2=O)CCOC1. The van der Waals surface area contributed by atoms with Gasteiger partial charge >= 0.3 is 0 Å². The summed E-state index contributed by atoms with van der Waals surface area (Å²) in [6.07, 6.45) is 1.10. The summed E-state index contributed by atoms with van der Waals surface area (Å²) in [6, 6.07) is 0. The summed E-state index contributed by atoms with van der Waals surface area (Å²) in [5.74, 6) is -0.156. The van der Waals surface area contributed by atoms with Crippen LogP contribution < -0.4 is 5.32 Å². The second-order valence-electron chi connectivity index (χ2n) is 5.84. The quantitative estimate of drug-likeness (QED) is 0.779. The minimum absolute atomic E-state index is 0.0679. The van der Waals surface area contributed by atoms with Crippen molar-refractivity contribution in [2.24, 2.45) is 0 Å². The first-order chi connectivity index (χ1) is 8.88. The second-order valence-corrected chi connectivity index (χ2v) is 5.84. The third-order valence-corrected chi connectivity index (χ3v) is 3.86. The predicted molar refractivity (Wildman–Crippen MR) is 68.6 cm³/mol. The largest absolute Gasteiger partial charge is 0.378 e. The highest BCUT2D eigenvalue weighted by molar-refractivity contribution is 5.92. The van der Waals surface area contributed by atoms with Crippen molar-refractivity contribution in [1.82, 2.24) is 10.2 Å². The number of nitrogens with one attached hydrogen (secondary N) is 1. The van der Waals surface area contributed by atoms with Gasteiger partial charge in [0.05, 0.1) is 13.2 Å². The Bertz CT molecular complexity index is 375. The van der Waals surface area contributed by atoms with Crippen LogP contribution >= 0.6 is 0 Å². The van der Waals surface area contributed by atoms with Crippen molar-refractivity contribution in [2.75, 3.05) is 33.4 Å². The molecule has 0 aromatic heterocycles. The molecule has 2 saturated heterocycles. The standard InChI is InChI=1S/C13H22N2O4/c1-12(2)11(17)15(6-4-10(16)14-12)8-13(18-3)5-7-19-9-13/h4-9H2,1-3H3,(H,14,16). The molecule has 108 valence electrons. The zero-order chi connectivity index (χ0) is 14.1. The maximum absolute atomic E-state index is 12.5. The summed E-state index contributed by atoms with van der Waals surface area (Å²) >= 11 is 0. The smallest absolute Gasteiger partial charge is 0.247 e. The molecule has 2 rings (SSSR count). The van der Waals surface area contributed by atoms with Gasteiger partial charge in [-0.25, -0.2) is 0 Å². The molecule has 2 amide bonds. The first kappa shape index (κ1) is 14.3. The summed E-state index contributed by atoms with van der Waals surface area (Å²) < 4.78 is 10.9. The number of ether oxygens (including phenoxy) is 2. The van der Waals surface area contributed by atoms with E-state index in [0.29, 0.717) is 32.7 Å². The van der Waals surface area contributed by atoms with Crippen molar-refractivity contribution in [1.29, 1.82) is 0 Å². The Balaban J connectivity index is 2.14. The van der Waals surface area contributed by atoms with Gasteiger partial charge in [-0.2, -0.15) is 0 Å². The fraction of sp³-hybridized carbons (Fsp3) is 0.846. The molecule has 2 heterocycles. The van der Waals surface area contributed by atoms with Crippen LogP contribution in [-0.2, 0) is 19.1 Å². The molecule has 1 atom stereocenters. The van der Waals surface area contributed by atoms with Crippen LogP contribution in [0.25, 0.3) is 0 Å². The van der Waals surface area contributed by atoms with E-state index in [9.17, 15) is 9.59 Å². The number of rotatable bonds is 3. The van der Waals surface area contributed by atoms with Crippen LogP contribution in [0.1, 0.15) is 26.7 Å². The van der Waals surface area contributed by atoms with E-state index < -0.39 is 11.1 Å². The summed E-state index contributed by atoms with van der Waals surface area (Å²) in [6.45, 7) is 5.51. The molecule has 2 aliphatic heterocycles. The maximum Gasteiger partial charge on any atom is 0.247 e. The van der Waals surface area contributed by atoms with Crippen molar-refractivity contribution in [3.63, 3.8) is 0 Å². The van der Waals surface area contributed by atoms with E-state index in [2.05, 4.69) is 5.32 Å². The number of hydrogen-bond acceptors (Lipinski definition) is 4. The normalized spacial score (nSPS) is 31.2. The Morgan fingerprint density at radius 3 is 2.74 bits per heavy atom. The van der Waals surface area contributed by atoms with Crippen LogP contribution in [0.4, 0.5) is 0 Å². The van der Waals surface area contributed by atoms with Gasteiger partial charge in [0.15, 0.2) is 0 Å². The fourth-order valence-electron chi connectivity index (χ4n) is 2.64. The molecule has 2 aliphatic rings. The molecule has 0 radical (unpaired) electrons. The van der Waals surface area contributed by atoms with E-state index in [1.807, 2.05) is 0 Å². The van der Waals surface area contributed by atoms with Gasteiger partial charge < -0.3 is 19.7 Å². The number of nitrogens with zero attached hydrogens (tertiary/aromatic N) is 1. The van der Waals surface area contributed by atoms with Crippen LogP contribution in [0.2, 0.25) is 0 Å². The van der Waals surface area contributed by atoms with Crippen LogP contribution in [0.15, 0.2) is 0 Å². The van der Waals surface area contributed by atoms with Crippen molar-refractivity contribution in [3.05, 3.63) is 0 Å². The molecule has 6 heteroatoms. The molecule has 0 aliphatic carbocycles. The van der Waals surface area contributed by atoms with E-state index in [1.54, 1.807) is 25.9 Å². The first-order valence-electron chi connectivity index (χ1n) is 6.62. The molecule has 0 aromatic carbocycles. The van der Waals surface area contributed by atoms with Gasteiger partial charge in [-0.05, 0) is 13.8 Å². The minimum atomic E-state index is -0.859. The van der Waals surface area contributed by atoms with Gasteiger partial charge in [0.25, 0.3) is 0 Å². The van der Waals surface area contributed by atoms with Crippen LogP contribution in [-0.4, -0.2) is 61.3 Å². The summed E-state index contributed by atoms with van der Waals surface area (Å²) in [7, 11) is 1.64. The van der Waals surface area contributed by atoms with E-state index in [4.69, 9.17) is 9.47 Å². The Morgan fingerprint density at radius 1 is 1.42 bits per heavy atom. The number of carbonyl (C=O) groups excluding carboxylic acids is 2. The van der Waals surface area contributed by atoms with Crippen molar-refractivity contribution in [2.45, 2.75) is 37.8 Å². The Labute approximate surface area is 113 Å². The van der Waals surface area contributed by atoms with Crippen LogP contribution in [0.3, 0.4) is 0 Å².